The molecule has 2 aromatic carbocycles. The van der Waals surface area contributed by atoms with Gasteiger partial charge in [-0.15, -0.1) is 0 Å². The van der Waals surface area contributed by atoms with Gasteiger partial charge in [0.2, 0.25) is 0 Å². The molecular formula is C28H35N3O5. The Morgan fingerprint density at radius 3 is 2.67 bits per heavy atom. The molecule has 3 aliphatic heterocycles. The number of hydrogen-bond acceptors (Lipinski definition) is 6. The maximum Gasteiger partial charge on any atom is 0.255 e. The normalized spacial score (nSPS) is 23.9. The van der Waals surface area contributed by atoms with E-state index in [0.29, 0.717) is 49.7 Å². The highest BCUT2D eigenvalue weighted by molar-refractivity contribution is 6.00. The van der Waals surface area contributed by atoms with Crippen molar-refractivity contribution in [3.8, 4) is 5.75 Å². The van der Waals surface area contributed by atoms with Gasteiger partial charge in [0.1, 0.15) is 5.75 Å². The van der Waals surface area contributed by atoms with Crippen molar-refractivity contribution in [3.63, 3.8) is 0 Å². The first-order valence-corrected chi connectivity index (χ1v) is 13.0. The minimum absolute atomic E-state index is 0.0417. The number of nitrogens with one attached hydrogen (secondary N) is 2. The molecule has 4 atom stereocenters. The van der Waals surface area contributed by atoms with Crippen LogP contribution in [0.15, 0.2) is 42.5 Å². The highest BCUT2D eigenvalue weighted by Crippen LogP contribution is 2.30. The summed E-state index contributed by atoms with van der Waals surface area (Å²) in [5, 5.41) is 16.9. The molecule has 2 fully saturated rings. The van der Waals surface area contributed by atoms with Crippen molar-refractivity contribution in [2.45, 2.75) is 63.4 Å². The number of carbonyl (C=O) groups is 2. The Balaban J connectivity index is 1.25. The summed E-state index contributed by atoms with van der Waals surface area (Å²) in [6, 6.07) is 13.3. The van der Waals surface area contributed by atoms with Gasteiger partial charge in [-0.05, 0) is 61.9 Å². The topological polar surface area (TPSA) is 100 Å². The first kappa shape index (κ1) is 24.7. The molecule has 0 saturated carbocycles. The molecule has 36 heavy (non-hydrogen) atoms. The number of ether oxygens (including phenoxy) is 2. The molecule has 2 aromatic rings. The summed E-state index contributed by atoms with van der Waals surface area (Å²) in [5.41, 5.74) is 3.32. The average Bonchev–Trinajstić information content (AvgIpc) is 2.90. The molecule has 2 bridgehead atoms. The van der Waals surface area contributed by atoms with Crippen molar-refractivity contribution in [2.75, 3.05) is 26.4 Å². The van der Waals surface area contributed by atoms with E-state index in [2.05, 4.69) is 22.8 Å². The van der Waals surface area contributed by atoms with Crippen LogP contribution in [0.25, 0.3) is 0 Å². The van der Waals surface area contributed by atoms with E-state index in [0.717, 1.165) is 19.3 Å². The van der Waals surface area contributed by atoms with Crippen LogP contribution in [-0.2, 0) is 17.7 Å². The lowest BCUT2D eigenvalue weighted by molar-refractivity contribution is -0.0566. The van der Waals surface area contributed by atoms with Crippen molar-refractivity contribution in [2.24, 2.45) is 0 Å². The smallest absolute Gasteiger partial charge is 0.255 e. The second-order valence-corrected chi connectivity index (χ2v) is 9.87. The highest BCUT2D eigenvalue weighted by Gasteiger charge is 2.38. The van der Waals surface area contributed by atoms with Crippen molar-refractivity contribution in [3.05, 3.63) is 64.7 Å². The third-order valence-corrected chi connectivity index (χ3v) is 7.54. The Kier molecular flexibility index (Phi) is 7.55. The molecule has 3 N–H and O–H groups in total. The van der Waals surface area contributed by atoms with E-state index in [9.17, 15) is 14.7 Å². The number of aliphatic hydroxyl groups is 1. The predicted octanol–water partition coefficient (Wildman–Crippen LogP) is 2.28. The van der Waals surface area contributed by atoms with E-state index >= 15 is 0 Å². The fourth-order valence-electron chi connectivity index (χ4n) is 5.62. The van der Waals surface area contributed by atoms with E-state index in [1.165, 1.54) is 11.1 Å². The minimum Gasteiger partial charge on any atom is -0.493 e. The number of rotatable bonds is 7. The Hall–Kier alpha value is -2.94. The maximum atomic E-state index is 13.4. The van der Waals surface area contributed by atoms with Crippen LogP contribution in [0.2, 0.25) is 0 Å². The lowest BCUT2D eigenvalue weighted by Crippen LogP contribution is -2.57. The van der Waals surface area contributed by atoms with Crippen LogP contribution < -0.4 is 15.4 Å². The summed E-state index contributed by atoms with van der Waals surface area (Å²) < 4.78 is 11.4. The number of morpholine rings is 1. The molecule has 8 nitrogen and oxygen atoms in total. The van der Waals surface area contributed by atoms with Gasteiger partial charge in [0, 0.05) is 24.7 Å². The van der Waals surface area contributed by atoms with Crippen LogP contribution in [0.1, 0.15) is 58.0 Å². The number of amides is 2. The molecule has 0 spiro atoms. The summed E-state index contributed by atoms with van der Waals surface area (Å²) in [5.74, 6) is -0.00517. The standard InChI is InChI=1S/C28H35N3O5/c1-2-36-26-13-19(28(34)31-21-8-5-9-22(31)17-35-16-21)10-11-23(26)27(33)30-15-25(32)24-12-18-6-3-4-7-20(18)14-29-24/h3-4,6-7,10-11,13,21-22,24-25,29,32H,2,5,8-9,12,14-17H2,1H3,(H,30,33)/t21?,22?,24-,25+/m0/s1. The van der Waals surface area contributed by atoms with E-state index in [1.54, 1.807) is 18.2 Å². The van der Waals surface area contributed by atoms with Gasteiger partial charge in [-0.3, -0.25) is 9.59 Å². The van der Waals surface area contributed by atoms with Crippen LogP contribution in [0.5, 0.6) is 5.75 Å². The van der Waals surface area contributed by atoms with E-state index < -0.39 is 6.10 Å². The second-order valence-electron chi connectivity index (χ2n) is 9.87. The number of piperidine rings is 1. The summed E-state index contributed by atoms with van der Waals surface area (Å²) in [6.45, 7) is 4.17. The van der Waals surface area contributed by atoms with Gasteiger partial charge in [-0.2, -0.15) is 0 Å². The number of aliphatic hydroxyl groups excluding tert-OH is 1. The summed E-state index contributed by atoms with van der Waals surface area (Å²) in [7, 11) is 0. The predicted molar refractivity (Wildman–Crippen MR) is 135 cm³/mol. The van der Waals surface area contributed by atoms with Gasteiger partial charge in [-0.1, -0.05) is 24.3 Å². The largest absolute Gasteiger partial charge is 0.493 e. The van der Waals surface area contributed by atoms with Crippen LogP contribution in [0.4, 0.5) is 0 Å². The zero-order valence-electron chi connectivity index (χ0n) is 20.7. The van der Waals surface area contributed by atoms with Crippen LogP contribution in [0, 0.1) is 0 Å². The van der Waals surface area contributed by atoms with Gasteiger partial charge in [0.25, 0.3) is 11.8 Å². The van der Waals surface area contributed by atoms with E-state index in [-0.39, 0.29) is 36.5 Å². The molecule has 0 aromatic heterocycles. The zero-order chi connectivity index (χ0) is 25.1. The van der Waals surface area contributed by atoms with Gasteiger partial charge < -0.3 is 30.1 Å². The molecule has 0 radical (unpaired) electrons. The molecule has 0 aliphatic carbocycles. The van der Waals surface area contributed by atoms with Crippen molar-refractivity contribution < 1.29 is 24.2 Å². The molecule has 2 amide bonds. The lowest BCUT2D eigenvalue weighted by atomic mass is 9.93. The number of carbonyl (C=O) groups excluding carboxylic acids is 2. The van der Waals surface area contributed by atoms with Gasteiger partial charge >= 0.3 is 0 Å². The Morgan fingerprint density at radius 1 is 1.17 bits per heavy atom. The highest BCUT2D eigenvalue weighted by atomic mass is 16.5. The zero-order valence-corrected chi connectivity index (χ0v) is 20.7. The van der Waals surface area contributed by atoms with Gasteiger partial charge in [0.05, 0.1) is 43.6 Å². The van der Waals surface area contributed by atoms with Crippen molar-refractivity contribution in [1.82, 2.24) is 15.5 Å². The molecule has 5 rings (SSSR count). The molecule has 3 heterocycles. The van der Waals surface area contributed by atoms with Crippen LogP contribution >= 0.6 is 0 Å². The van der Waals surface area contributed by atoms with E-state index in [1.807, 2.05) is 24.0 Å². The van der Waals surface area contributed by atoms with Crippen molar-refractivity contribution >= 4 is 11.8 Å². The third-order valence-electron chi connectivity index (χ3n) is 7.54. The molecule has 192 valence electrons. The molecule has 2 saturated heterocycles. The third kappa shape index (κ3) is 5.12. The van der Waals surface area contributed by atoms with Crippen molar-refractivity contribution in [1.29, 1.82) is 0 Å². The molecule has 8 heteroatoms. The number of fused-ring (bicyclic) bond motifs is 3. The first-order valence-electron chi connectivity index (χ1n) is 13.0. The minimum atomic E-state index is -0.737. The number of nitrogens with zero attached hydrogens (tertiary/aromatic N) is 1. The summed E-state index contributed by atoms with van der Waals surface area (Å²) in [4.78, 5) is 28.4. The second kappa shape index (κ2) is 11.0. The monoisotopic (exact) mass is 493 g/mol. The number of benzene rings is 2. The van der Waals surface area contributed by atoms with Gasteiger partial charge in [0.15, 0.2) is 0 Å². The Bertz CT molecular complexity index is 1080. The van der Waals surface area contributed by atoms with Gasteiger partial charge in [-0.25, -0.2) is 0 Å². The number of hydrogen-bond donors (Lipinski definition) is 3. The molecule has 2 unspecified atom stereocenters. The molecule has 3 aliphatic rings. The maximum absolute atomic E-state index is 13.4. The Morgan fingerprint density at radius 2 is 1.92 bits per heavy atom. The Labute approximate surface area is 212 Å². The SMILES string of the molecule is CCOc1cc(C(=O)N2C3CCCC2COC3)ccc1C(=O)NC[C@@H](O)[C@@H]1Cc2ccccc2CN1. The fourth-order valence-corrected chi connectivity index (χ4v) is 5.62. The fraction of sp³-hybridized carbons (Fsp3) is 0.500. The molecular weight excluding hydrogens is 458 g/mol. The summed E-state index contributed by atoms with van der Waals surface area (Å²) in [6.07, 6.45) is 2.98. The van der Waals surface area contributed by atoms with E-state index in [4.69, 9.17) is 9.47 Å². The quantitative estimate of drug-likeness (QED) is 0.547. The van der Waals surface area contributed by atoms with Crippen LogP contribution in [0.3, 0.4) is 0 Å². The van der Waals surface area contributed by atoms with Crippen LogP contribution in [-0.4, -0.2) is 72.4 Å². The lowest BCUT2D eigenvalue weighted by Gasteiger charge is -2.45. The summed E-state index contributed by atoms with van der Waals surface area (Å²) >= 11 is 0. The average molecular weight is 494 g/mol. The first-order chi connectivity index (χ1) is 17.5.